The number of non-ortho nitro benzene ring substituents is 1. The summed E-state index contributed by atoms with van der Waals surface area (Å²) in [4.78, 5) is 10.4. The van der Waals surface area contributed by atoms with Crippen molar-refractivity contribution in [3.8, 4) is 0 Å². The molecule has 0 aliphatic rings. The number of nitro groups is 1. The first-order valence-electron chi connectivity index (χ1n) is 9.07. The number of nitrogens with one attached hydrogen (secondary N) is 1. The number of aryl methyl sites for hydroxylation is 2. The Morgan fingerprint density at radius 3 is 2.54 bits per heavy atom. The Hall–Kier alpha value is -2.87. The van der Waals surface area contributed by atoms with Gasteiger partial charge < -0.3 is 9.88 Å². The van der Waals surface area contributed by atoms with Crippen LogP contribution < -0.4 is 5.32 Å². The van der Waals surface area contributed by atoms with Crippen molar-refractivity contribution in [2.75, 3.05) is 5.32 Å². The summed E-state index contributed by atoms with van der Waals surface area (Å²) in [6.45, 7) is 7.62. The summed E-state index contributed by atoms with van der Waals surface area (Å²) in [7, 11) is 0. The molecule has 0 aliphatic carbocycles. The number of hydrogen-bond donors (Lipinski definition) is 1. The Kier molecular flexibility index (Phi) is 6.30. The van der Waals surface area contributed by atoms with E-state index < -0.39 is 0 Å². The van der Waals surface area contributed by atoms with Gasteiger partial charge in [0, 0.05) is 30.1 Å². The Morgan fingerprint density at radius 2 is 1.89 bits per heavy atom. The van der Waals surface area contributed by atoms with Gasteiger partial charge in [-0.25, -0.2) is 0 Å². The topological polar surface area (TPSA) is 85.9 Å². The van der Waals surface area contributed by atoms with Crippen molar-refractivity contribution in [3.63, 3.8) is 0 Å². The molecule has 0 atom stereocenters. The van der Waals surface area contributed by atoms with Crippen LogP contribution in [0.4, 0.5) is 11.4 Å². The zero-order chi connectivity index (χ0) is 20.1. The summed E-state index contributed by atoms with van der Waals surface area (Å²) in [6.07, 6.45) is 0. The summed E-state index contributed by atoms with van der Waals surface area (Å²) in [5.74, 6) is 1.56. The number of thioether (sulfide) groups is 1. The Balaban J connectivity index is 1.65. The molecule has 0 unspecified atom stereocenters. The highest BCUT2D eigenvalue weighted by Gasteiger charge is 2.12. The second kappa shape index (κ2) is 8.88. The Morgan fingerprint density at radius 1 is 1.14 bits per heavy atom. The van der Waals surface area contributed by atoms with Gasteiger partial charge in [-0.1, -0.05) is 41.6 Å². The zero-order valence-electron chi connectivity index (χ0n) is 16.2. The summed E-state index contributed by atoms with van der Waals surface area (Å²) in [5.41, 5.74) is 4.65. The number of nitro benzene ring substituents is 1. The van der Waals surface area contributed by atoms with Crippen LogP contribution in [-0.4, -0.2) is 19.7 Å². The SMILES string of the molecule is CCn1c(CNc2ccc(C)cc2C)nnc1SCc1ccc([N+](=O)[O-])cc1. The Labute approximate surface area is 168 Å². The fourth-order valence-corrected chi connectivity index (χ4v) is 3.90. The number of anilines is 1. The van der Waals surface area contributed by atoms with Gasteiger partial charge in [0.25, 0.3) is 5.69 Å². The van der Waals surface area contributed by atoms with Gasteiger partial charge in [-0.3, -0.25) is 10.1 Å². The first kappa shape index (κ1) is 19.9. The molecular formula is C20H23N5O2S. The van der Waals surface area contributed by atoms with E-state index >= 15 is 0 Å². The maximum absolute atomic E-state index is 10.8. The molecule has 0 saturated carbocycles. The quantitative estimate of drug-likeness (QED) is 0.336. The molecule has 0 saturated heterocycles. The highest BCUT2D eigenvalue weighted by Crippen LogP contribution is 2.24. The van der Waals surface area contributed by atoms with Crippen LogP contribution in [0.5, 0.6) is 0 Å². The summed E-state index contributed by atoms with van der Waals surface area (Å²) in [5, 5.41) is 23.7. The molecule has 7 nitrogen and oxygen atoms in total. The lowest BCUT2D eigenvalue weighted by Gasteiger charge is -2.11. The second-order valence-corrected chi connectivity index (χ2v) is 7.47. The predicted octanol–water partition coefficient (Wildman–Crippen LogP) is 4.73. The molecular weight excluding hydrogens is 374 g/mol. The molecule has 3 rings (SSSR count). The molecule has 0 radical (unpaired) electrons. The molecule has 0 fully saturated rings. The van der Waals surface area contributed by atoms with E-state index in [-0.39, 0.29) is 10.6 Å². The number of hydrogen-bond acceptors (Lipinski definition) is 6. The highest BCUT2D eigenvalue weighted by atomic mass is 32.2. The van der Waals surface area contributed by atoms with Crippen molar-refractivity contribution in [1.29, 1.82) is 0 Å². The van der Waals surface area contributed by atoms with Crippen molar-refractivity contribution in [2.45, 2.75) is 44.8 Å². The second-order valence-electron chi connectivity index (χ2n) is 6.53. The van der Waals surface area contributed by atoms with Crippen molar-refractivity contribution < 1.29 is 4.92 Å². The highest BCUT2D eigenvalue weighted by molar-refractivity contribution is 7.98. The van der Waals surface area contributed by atoms with E-state index in [4.69, 9.17) is 0 Å². The van der Waals surface area contributed by atoms with Crippen LogP contribution in [-0.2, 0) is 18.8 Å². The molecule has 0 bridgehead atoms. The molecule has 3 aromatic rings. The van der Waals surface area contributed by atoms with E-state index in [0.717, 1.165) is 28.8 Å². The average Bonchev–Trinajstić information content (AvgIpc) is 3.07. The monoisotopic (exact) mass is 397 g/mol. The Bertz CT molecular complexity index is 969. The van der Waals surface area contributed by atoms with Gasteiger partial charge in [-0.15, -0.1) is 10.2 Å². The van der Waals surface area contributed by atoms with Gasteiger partial charge in [0.2, 0.25) is 0 Å². The predicted molar refractivity (Wildman–Crippen MR) is 112 cm³/mol. The minimum Gasteiger partial charge on any atom is -0.378 e. The number of nitrogens with zero attached hydrogens (tertiary/aromatic N) is 4. The van der Waals surface area contributed by atoms with Gasteiger partial charge in [0.15, 0.2) is 11.0 Å². The lowest BCUT2D eigenvalue weighted by atomic mass is 10.1. The van der Waals surface area contributed by atoms with Gasteiger partial charge >= 0.3 is 0 Å². The minimum atomic E-state index is -0.389. The van der Waals surface area contributed by atoms with Crippen molar-refractivity contribution in [3.05, 3.63) is 75.1 Å². The molecule has 8 heteroatoms. The van der Waals surface area contributed by atoms with E-state index in [1.54, 1.807) is 23.9 Å². The summed E-state index contributed by atoms with van der Waals surface area (Å²) in [6, 6.07) is 12.9. The van der Waals surface area contributed by atoms with Crippen LogP contribution in [0, 0.1) is 24.0 Å². The van der Waals surface area contributed by atoms with E-state index in [9.17, 15) is 10.1 Å². The first-order valence-corrected chi connectivity index (χ1v) is 10.1. The van der Waals surface area contributed by atoms with Crippen LogP contribution in [0.15, 0.2) is 47.6 Å². The molecule has 2 aromatic carbocycles. The average molecular weight is 398 g/mol. The van der Waals surface area contributed by atoms with Crippen LogP contribution in [0.3, 0.4) is 0 Å². The first-order chi connectivity index (χ1) is 13.5. The van der Waals surface area contributed by atoms with Gasteiger partial charge in [-0.2, -0.15) is 0 Å². The third-order valence-corrected chi connectivity index (χ3v) is 5.48. The summed E-state index contributed by atoms with van der Waals surface area (Å²) < 4.78 is 2.09. The van der Waals surface area contributed by atoms with Crippen molar-refractivity contribution in [2.24, 2.45) is 0 Å². The zero-order valence-corrected chi connectivity index (χ0v) is 17.0. The fourth-order valence-electron chi connectivity index (χ4n) is 2.92. The molecule has 0 spiro atoms. The maximum Gasteiger partial charge on any atom is 0.269 e. The van der Waals surface area contributed by atoms with Gasteiger partial charge in [0.05, 0.1) is 11.5 Å². The minimum absolute atomic E-state index is 0.102. The standard InChI is InChI=1S/C20H23N5O2S/c1-4-24-19(12-21-18-10-5-14(2)11-15(18)3)22-23-20(24)28-13-16-6-8-17(9-7-16)25(26)27/h5-11,21H,4,12-13H2,1-3H3. The van der Waals surface area contributed by atoms with E-state index in [2.05, 4.69) is 59.1 Å². The number of rotatable bonds is 8. The summed E-state index contributed by atoms with van der Waals surface area (Å²) >= 11 is 1.58. The molecule has 1 aromatic heterocycles. The lowest BCUT2D eigenvalue weighted by Crippen LogP contribution is -2.09. The molecule has 0 amide bonds. The number of benzene rings is 2. The largest absolute Gasteiger partial charge is 0.378 e. The van der Waals surface area contributed by atoms with Crippen LogP contribution in [0.25, 0.3) is 0 Å². The third kappa shape index (κ3) is 4.69. The molecule has 0 aliphatic heterocycles. The van der Waals surface area contributed by atoms with Crippen LogP contribution in [0.1, 0.15) is 29.4 Å². The van der Waals surface area contributed by atoms with Gasteiger partial charge in [0.1, 0.15) is 0 Å². The normalized spacial score (nSPS) is 10.8. The molecule has 1 N–H and O–H groups in total. The molecule has 1 heterocycles. The van der Waals surface area contributed by atoms with Crippen LogP contribution in [0.2, 0.25) is 0 Å². The van der Waals surface area contributed by atoms with Crippen molar-refractivity contribution >= 4 is 23.1 Å². The number of aromatic nitrogens is 3. The fraction of sp³-hybridized carbons (Fsp3) is 0.300. The lowest BCUT2D eigenvalue weighted by molar-refractivity contribution is -0.384. The molecule has 146 valence electrons. The van der Waals surface area contributed by atoms with Crippen LogP contribution >= 0.6 is 11.8 Å². The smallest absolute Gasteiger partial charge is 0.269 e. The molecule has 28 heavy (non-hydrogen) atoms. The van der Waals surface area contributed by atoms with E-state index in [1.807, 2.05) is 0 Å². The van der Waals surface area contributed by atoms with Gasteiger partial charge in [-0.05, 0) is 38.0 Å². The van der Waals surface area contributed by atoms with E-state index in [1.165, 1.54) is 23.3 Å². The van der Waals surface area contributed by atoms with Crippen molar-refractivity contribution in [1.82, 2.24) is 14.8 Å². The maximum atomic E-state index is 10.8. The third-order valence-electron chi connectivity index (χ3n) is 4.44. The van der Waals surface area contributed by atoms with E-state index in [0.29, 0.717) is 12.3 Å².